The highest BCUT2D eigenvalue weighted by Crippen LogP contribution is 2.04. The Labute approximate surface area is 70.6 Å². The van der Waals surface area contributed by atoms with Gasteiger partial charge >= 0.3 is 0 Å². The highest BCUT2D eigenvalue weighted by molar-refractivity contribution is 5.48. The second-order valence-corrected chi connectivity index (χ2v) is 1.88. The van der Waals surface area contributed by atoms with E-state index in [4.69, 9.17) is 8.22 Å². The molecule has 0 aliphatic rings. The van der Waals surface area contributed by atoms with E-state index in [1.807, 2.05) is 0 Å². The van der Waals surface area contributed by atoms with Gasteiger partial charge in [-0.15, -0.1) is 0 Å². The lowest BCUT2D eigenvalue weighted by Crippen LogP contribution is -1.71. The van der Waals surface area contributed by atoms with Gasteiger partial charge in [-0.3, -0.25) is 0 Å². The molecular formula is C10H12. The van der Waals surface area contributed by atoms with Crippen molar-refractivity contribution in [3.05, 3.63) is 41.3 Å². The first kappa shape index (κ1) is 2.54. The van der Waals surface area contributed by atoms with Crippen LogP contribution in [0.4, 0.5) is 0 Å². The molecular weight excluding hydrogens is 120 g/mol. The van der Waals surface area contributed by atoms with Gasteiger partial charge in [-0.05, 0) is 19.4 Å². The van der Waals surface area contributed by atoms with Crippen LogP contribution in [0.3, 0.4) is 0 Å². The SMILES string of the molecule is [2H]C(C)=C([2H])c1c([2H])c([2H])c(C)c([2H])c1[2H]. The highest BCUT2D eigenvalue weighted by atomic mass is 13.9. The second kappa shape index (κ2) is 3.21. The fourth-order valence-corrected chi connectivity index (χ4v) is 0.562. The molecule has 0 N–H and O–H groups in total. The molecule has 0 heteroatoms. The van der Waals surface area contributed by atoms with E-state index in [-0.39, 0.29) is 47.4 Å². The van der Waals surface area contributed by atoms with Crippen molar-refractivity contribution in [2.45, 2.75) is 13.8 Å². The van der Waals surface area contributed by atoms with Crippen LogP contribution in [-0.2, 0) is 0 Å². The van der Waals surface area contributed by atoms with E-state index in [9.17, 15) is 0 Å². The standard InChI is InChI=1S/C10H12/c1-3-4-10-7-5-9(2)6-8-10/h3-8H,1-2H3/i3D,4D,5D,6D,7D,8D. The van der Waals surface area contributed by atoms with Crippen LogP contribution in [0, 0.1) is 6.92 Å². The van der Waals surface area contributed by atoms with Crippen LogP contribution in [0.5, 0.6) is 0 Å². The van der Waals surface area contributed by atoms with Gasteiger partial charge in [0.05, 0.1) is 8.22 Å². The average Bonchev–Trinajstić information content (AvgIpc) is 2.23. The van der Waals surface area contributed by atoms with E-state index in [0.29, 0.717) is 0 Å². The van der Waals surface area contributed by atoms with Crippen LogP contribution in [0.15, 0.2) is 30.2 Å². The fraction of sp³-hybridized carbons (Fsp3) is 0.200. The molecule has 0 nitrogen and oxygen atoms in total. The summed E-state index contributed by atoms with van der Waals surface area (Å²) in [6, 6.07) is -1.16. The topological polar surface area (TPSA) is 0 Å². The molecule has 0 saturated heterocycles. The predicted molar refractivity (Wildman–Crippen MR) is 45.9 cm³/mol. The van der Waals surface area contributed by atoms with Crippen molar-refractivity contribution in [2.75, 3.05) is 0 Å². The summed E-state index contributed by atoms with van der Waals surface area (Å²) in [6.07, 6.45) is 0. The Bertz CT molecular complexity index is 442. The van der Waals surface area contributed by atoms with E-state index in [0.717, 1.165) is 0 Å². The van der Waals surface area contributed by atoms with E-state index >= 15 is 0 Å². The zero-order chi connectivity index (χ0) is 12.6. The maximum absolute atomic E-state index is 7.67. The zero-order valence-electron chi connectivity index (χ0n) is 12.0. The Morgan fingerprint density at radius 1 is 1.40 bits per heavy atom. The molecule has 0 heterocycles. The van der Waals surface area contributed by atoms with Crippen LogP contribution < -0.4 is 0 Å². The van der Waals surface area contributed by atoms with Gasteiger partial charge in [-0.1, -0.05) is 41.8 Å². The summed E-state index contributed by atoms with van der Waals surface area (Å²) in [5.74, 6) is 0. The van der Waals surface area contributed by atoms with Gasteiger partial charge in [0.2, 0.25) is 0 Å². The molecule has 1 aromatic rings. The van der Waals surface area contributed by atoms with Gasteiger partial charge in [0, 0.05) is 0 Å². The molecule has 10 heavy (non-hydrogen) atoms. The molecule has 0 amide bonds. The minimum Gasteiger partial charge on any atom is -0.0871 e. The van der Waals surface area contributed by atoms with Gasteiger partial charge < -0.3 is 0 Å². The monoisotopic (exact) mass is 138 g/mol. The number of rotatable bonds is 1. The quantitative estimate of drug-likeness (QED) is 0.559. The van der Waals surface area contributed by atoms with Crippen molar-refractivity contribution in [2.24, 2.45) is 0 Å². The minimum atomic E-state index is -0.267. The van der Waals surface area contributed by atoms with Crippen molar-refractivity contribution in [3.63, 3.8) is 0 Å². The summed E-state index contributed by atoms with van der Waals surface area (Å²) < 4.78 is 45.4. The first-order valence-electron chi connectivity index (χ1n) is 6.00. The van der Waals surface area contributed by atoms with Gasteiger partial charge in [-0.25, -0.2) is 0 Å². The first-order valence-corrected chi connectivity index (χ1v) is 3.00. The average molecular weight is 138 g/mol. The van der Waals surface area contributed by atoms with E-state index in [1.54, 1.807) is 0 Å². The number of allylic oxidation sites excluding steroid dienone is 1. The molecule has 0 unspecified atom stereocenters. The van der Waals surface area contributed by atoms with Crippen LogP contribution in [-0.4, -0.2) is 0 Å². The van der Waals surface area contributed by atoms with E-state index in [2.05, 4.69) is 0 Å². The van der Waals surface area contributed by atoms with Crippen molar-refractivity contribution < 1.29 is 8.22 Å². The second-order valence-electron chi connectivity index (χ2n) is 1.88. The number of benzene rings is 1. The predicted octanol–water partition coefficient (Wildman–Crippen LogP) is 3.03. The third kappa shape index (κ3) is 1.73. The van der Waals surface area contributed by atoms with Gasteiger partial charge in [0.15, 0.2) is 0 Å². The Morgan fingerprint density at radius 2 is 2.00 bits per heavy atom. The zero-order valence-corrected chi connectivity index (χ0v) is 6.00. The Balaban J connectivity index is 3.72. The molecule has 0 atom stereocenters. The summed E-state index contributed by atoms with van der Waals surface area (Å²) >= 11 is 0. The molecule has 0 saturated carbocycles. The molecule has 0 aromatic heterocycles. The van der Waals surface area contributed by atoms with E-state index in [1.165, 1.54) is 13.8 Å². The van der Waals surface area contributed by atoms with Gasteiger partial charge in [0.1, 0.15) is 0 Å². The third-order valence-corrected chi connectivity index (χ3v) is 1.00. The molecule has 0 bridgehead atoms. The molecule has 0 aliphatic heterocycles. The summed E-state index contributed by atoms with van der Waals surface area (Å²) in [5.41, 5.74) is 0.155. The molecule has 0 aliphatic carbocycles. The van der Waals surface area contributed by atoms with E-state index < -0.39 is 0 Å². The Kier molecular flexibility index (Phi) is 0.814. The first-order chi connectivity index (χ1) is 7.29. The molecule has 0 radical (unpaired) electrons. The summed E-state index contributed by atoms with van der Waals surface area (Å²) in [6.45, 7) is 2.89. The van der Waals surface area contributed by atoms with Crippen molar-refractivity contribution in [1.82, 2.24) is 0 Å². The lowest BCUT2D eigenvalue weighted by molar-refractivity contribution is 1.46. The number of hydrogen-bond acceptors (Lipinski definition) is 0. The molecule has 1 rings (SSSR count). The lowest BCUT2D eigenvalue weighted by atomic mass is 10.1. The van der Waals surface area contributed by atoms with Gasteiger partial charge in [-0.2, -0.15) is 0 Å². The largest absolute Gasteiger partial charge is 0.0871 e. The van der Waals surface area contributed by atoms with Gasteiger partial charge in [0.25, 0.3) is 0 Å². The van der Waals surface area contributed by atoms with Crippen LogP contribution >= 0.6 is 0 Å². The Morgan fingerprint density at radius 3 is 2.50 bits per heavy atom. The third-order valence-electron chi connectivity index (χ3n) is 1.00. The van der Waals surface area contributed by atoms with Crippen molar-refractivity contribution in [1.29, 1.82) is 0 Å². The maximum atomic E-state index is 7.67. The maximum Gasteiger partial charge on any atom is 0.0629 e. The smallest absolute Gasteiger partial charge is 0.0629 e. The molecule has 0 spiro atoms. The van der Waals surface area contributed by atoms with Crippen LogP contribution in [0.2, 0.25) is 0 Å². The Hall–Kier alpha value is -1.04. The highest BCUT2D eigenvalue weighted by Gasteiger charge is 1.83. The summed E-state index contributed by atoms with van der Waals surface area (Å²) in [5, 5.41) is 0. The van der Waals surface area contributed by atoms with Crippen molar-refractivity contribution >= 4 is 6.05 Å². The van der Waals surface area contributed by atoms with Crippen LogP contribution in [0.1, 0.15) is 26.3 Å². The molecule has 0 fully saturated rings. The summed E-state index contributed by atoms with van der Waals surface area (Å²) in [7, 11) is 0. The fourth-order valence-electron chi connectivity index (χ4n) is 0.562. The lowest BCUT2D eigenvalue weighted by Gasteiger charge is -1.92. The van der Waals surface area contributed by atoms with Crippen LogP contribution in [0.25, 0.3) is 6.05 Å². The molecule has 1 aromatic carbocycles. The normalized spacial score (nSPS) is 21.0. The minimum absolute atomic E-state index is 0.0790. The summed E-state index contributed by atoms with van der Waals surface area (Å²) in [4.78, 5) is 0. The number of hydrogen-bond donors (Lipinski definition) is 0. The van der Waals surface area contributed by atoms with Crippen molar-refractivity contribution in [3.8, 4) is 0 Å². The molecule has 52 valence electrons.